The highest BCUT2D eigenvalue weighted by Gasteiger charge is 2.64. The van der Waals surface area contributed by atoms with Gasteiger partial charge in [-0.1, -0.05) is 12.1 Å². The molecule has 0 unspecified atom stereocenters. The molecule has 2 fully saturated rings. The first-order valence-electron chi connectivity index (χ1n) is 5.64. The van der Waals surface area contributed by atoms with Crippen molar-refractivity contribution in [3.05, 3.63) is 29.8 Å². The highest BCUT2D eigenvalue weighted by atomic mass is 16.5. The van der Waals surface area contributed by atoms with Crippen molar-refractivity contribution in [1.29, 1.82) is 0 Å². The third kappa shape index (κ3) is 1.21. The minimum absolute atomic E-state index is 0.0966. The Hall–Kier alpha value is -1.02. The molecule has 0 radical (unpaired) electrons. The van der Waals surface area contributed by atoms with Crippen LogP contribution in [0.4, 0.5) is 0 Å². The smallest absolute Gasteiger partial charge is 0.119 e. The van der Waals surface area contributed by atoms with Gasteiger partial charge >= 0.3 is 0 Å². The van der Waals surface area contributed by atoms with Gasteiger partial charge in [0.15, 0.2) is 0 Å². The number of rotatable bonds is 3. The quantitative estimate of drug-likeness (QED) is 0.817. The first kappa shape index (κ1) is 9.22. The number of nitrogens with two attached hydrogens (primary N) is 1. The maximum Gasteiger partial charge on any atom is 0.119 e. The molecule has 0 heterocycles. The second-order valence-corrected chi connectivity index (χ2v) is 4.97. The number of hydrogen-bond donors (Lipinski definition) is 1. The minimum Gasteiger partial charge on any atom is -0.497 e. The van der Waals surface area contributed by atoms with Crippen LogP contribution in [0.25, 0.3) is 0 Å². The van der Waals surface area contributed by atoms with E-state index in [1.807, 2.05) is 6.07 Å². The van der Waals surface area contributed by atoms with E-state index >= 15 is 0 Å². The Kier molecular flexibility index (Phi) is 1.70. The average molecular weight is 203 g/mol. The zero-order valence-corrected chi connectivity index (χ0v) is 9.12. The van der Waals surface area contributed by atoms with Crippen LogP contribution in [0, 0.1) is 0 Å². The molecule has 80 valence electrons. The van der Waals surface area contributed by atoms with Crippen molar-refractivity contribution in [2.45, 2.75) is 36.6 Å². The summed E-state index contributed by atoms with van der Waals surface area (Å²) in [5.74, 6) is 0.947. The zero-order chi connectivity index (χ0) is 10.5. The molecule has 0 spiro atoms. The van der Waals surface area contributed by atoms with E-state index in [1.54, 1.807) is 7.11 Å². The molecular formula is C13H17NO. The summed E-state index contributed by atoms with van der Waals surface area (Å²) in [4.78, 5) is 0. The maximum atomic E-state index is 6.37. The monoisotopic (exact) mass is 203 g/mol. The summed E-state index contributed by atoms with van der Waals surface area (Å²) in [6.07, 6.45) is 4.86. The van der Waals surface area contributed by atoms with Crippen molar-refractivity contribution in [1.82, 2.24) is 0 Å². The van der Waals surface area contributed by atoms with Gasteiger partial charge in [0.25, 0.3) is 0 Å². The van der Waals surface area contributed by atoms with Crippen molar-refractivity contribution < 1.29 is 4.74 Å². The molecule has 2 nitrogen and oxygen atoms in total. The number of hydrogen-bond acceptors (Lipinski definition) is 2. The molecule has 15 heavy (non-hydrogen) atoms. The average Bonchev–Trinajstić information content (AvgIpc) is 3.13. The number of benzene rings is 1. The standard InChI is InChI=1S/C13H17NO/c1-15-11-4-2-3-10(9-11)12(5-6-12)13(14)7-8-13/h2-4,9H,5-8,14H2,1H3. The van der Waals surface area contributed by atoms with Gasteiger partial charge in [-0.15, -0.1) is 0 Å². The van der Waals surface area contributed by atoms with Crippen LogP contribution < -0.4 is 10.5 Å². The van der Waals surface area contributed by atoms with E-state index in [4.69, 9.17) is 10.5 Å². The molecule has 0 aliphatic heterocycles. The molecule has 2 aliphatic rings. The Bertz CT molecular complexity index is 391. The van der Waals surface area contributed by atoms with Gasteiger partial charge in [0.1, 0.15) is 5.75 Å². The van der Waals surface area contributed by atoms with Crippen LogP contribution in [0.15, 0.2) is 24.3 Å². The fourth-order valence-corrected chi connectivity index (χ4v) is 2.73. The van der Waals surface area contributed by atoms with Crippen LogP contribution in [-0.4, -0.2) is 12.6 Å². The molecule has 2 N–H and O–H groups in total. The minimum atomic E-state index is 0.0966. The van der Waals surface area contributed by atoms with Crippen LogP contribution in [0.2, 0.25) is 0 Å². The number of ether oxygens (including phenoxy) is 1. The van der Waals surface area contributed by atoms with E-state index in [0.717, 1.165) is 5.75 Å². The van der Waals surface area contributed by atoms with E-state index in [2.05, 4.69) is 18.2 Å². The lowest BCUT2D eigenvalue weighted by molar-refractivity contribution is 0.412. The third-order valence-electron chi connectivity index (χ3n) is 4.11. The molecule has 2 aliphatic carbocycles. The van der Waals surface area contributed by atoms with Gasteiger partial charge in [0.2, 0.25) is 0 Å². The molecule has 2 heteroatoms. The van der Waals surface area contributed by atoms with Gasteiger partial charge in [0.05, 0.1) is 7.11 Å². The Morgan fingerprint density at radius 3 is 2.47 bits per heavy atom. The summed E-state index contributed by atoms with van der Waals surface area (Å²) in [7, 11) is 1.72. The van der Waals surface area contributed by atoms with E-state index in [1.165, 1.54) is 31.2 Å². The van der Waals surface area contributed by atoms with Crippen LogP contribution in [0.1, 0.15) is 31.2 Å². The van der Waals surface area contributed by atoms with Crippen molar-refractivity contribution in [2.75, 3.05) is 7.11 Å². The van der Waals surface area contributed by atoms with Crippen molar-refractivity contribution in [2.24, 2.45) is 5.73 Å². The normalized spacial score (nSPS) is 24.7. The molecule has 2 saturated carbocycles. The van der Waals surface area contributed by atoms with Gasteiger partial charge in [-0.3, -0.25) is 0 Å². The van der Waals surface area contributed by atoms with Gasteiger partial charge < -0.3 is 10.5 Å². The summed E-state index contributed by atoms with van der Waals surface area (Å²) in [5.41, 5.74) is 8.12. The topological polar surface area (TPSA) is 35.2 Å². The van der Waals surface area contributed by atoms with E-state index in [-0.39, 0.29) is 11.0 Å². The molecule has 0 saturated heterocycles. The molecular weight excluding hydrogens is 186 g/mol. The van der Waals surface area contributed by atoms with Gasteiger partial charge in [-0.05, 0) is 43.4 Å². The zero-order valence-electron chi connectivity index (χ0n) is 9.12. The molecule has 0 atom stereocenters. The summed E-state index contributed by atoms with van der Waals surface area (Å²) >= 11 is 0. The lowest BCUT2D eigenvalue weighted by Gasteiger charge is -2.23. The Morgan fingerprint density at radius 1 is 1.20 bits per heavy atom. The summed E-state index contributed by atoms with van der Waals surface area (Å²) in [5, 5.41) is 0. The fraction of sp³-hybridized carbons (Fsp3) is 0.538. The molecule has 0 aromatic heterocycles. The van der Waals surface area contributed by atoms with Crippen LogP contribution in [-0.2, 0) is 5.41 Å². The second kappa shape index (κ2) is 2.76. The van der Waals surface area contributed by atoms with Gasteiger partial charge in [-0.25, -0.2) is 0 Å². The summed E-state index contributed by atoms with van der Waals surface area (Å²) in [6.45, 7) is 0. The third-order valence-corrected chi connectivity index (χ3v) is 4.11. The Labute approximate surface area is 90.4 Å². The lowest BCUT2D eigenvalue weighted by atomic mass is 9.86. The highest BCUT2D eigenvalue weighted by molar-refractivity contribution is 5.43. The first-order chi connectivity index (χ1) is 7.20. The van der Waals surface area contributed by atoms with Crippen LogP contribution >= 0.6 is 0 Å². The fourth-order valence-electron chi connectivity index (χ4n) is 2.73. The van der Waals surface area contributed by atoms with Gasteiger partial charge in [-0.2, -0.15) is 0 Å². The summed E-state index contributed by atoms with van der Waals surface area (Å²) < 4.78 is 5.27. The van der Waals surface area contributed by atoms with Gasteiger partial charge in [0, 0.05) is 11.0 Å². The number of methoxy groups -OCH3 is 1. The van der Waals surface area contributed by atoms with E-state index < -0.39 is 0 Å². The first-order valence-corrected chi connectivity index (χ1v) is 5.64. The molecule has 0 amide bonds. The predicted octanol–water partition coefficient (Wildman–Crippen LogP) is 2.22. The SMILES string of the molecule is COc1cccc(C2(C3(N)CC3)CC2)c1. The second-order valence-electron chi connectivity index (χ2n) is 4.97. The Balaban J connectivity index is 1.98. The molecule has 1 aromatic rings. The van der Waals surface area contributed by atoms with Crippen molar-refractivity contribution >= 4 is 0 Å². The van der Waals surface area contributed by atoms with Crippen LogP contribution in [0.5, 0.6) is 5.75 Å². The van der Waals surface area contributed by atoms with E-state index in [9.17, 15) is 0 Å². The largest absolute Gasteiger partial charge is 0.497 e. The summed E-state index contributed by atoms with van der Waals surface area (Å²) in [6, 6.07) is 8.41. The molecule has 1 aromatic carbocycles. The maximum absolute atomic E-state index is 6.37. The highest BCUT2D eigenvalue weighted by Crippen LogP contribution is 2.63. The Morgan fingerprint density at radius 2 is 1.93 bits per heavy atom. The van der Waals surface area contributed by atoms with E-state index in [0.29, 0.717) is 0 Å². The predicted molar refractivity (Wildman–Crippen MR) is 60.1 cm³/mol. The van der Waals surface area contributed by atoms with Crippen molar-refractivity contribution in [3.8, 4) is 5.75 Å². The molecule has 3 rings (SSSR count). The van der Waals surface area contributed by atoms with Crippen molar-refractivity contribution in [3.63, 3.8) is 0 Å². The lowest BCUT2D eigenvalue weighted by Crippen LogP contribution is -2.37. The molecule has 0 bridgehead atoms. The van der Waals surface area contributed by atoms with Crippen LogP contribution in [0.3, 0.4) is 0 Å².